The van der Waals surface area contributed by atoms with E-state index in [0.717, 1.165) is 28.5 Å². The number of hydrogen-bond acceptors (Lipinski definition) is 2. The normalized spacial score (nSPS) is 14.2. The summed E-state index contributed by atoms with van der Waals surface area (Å²) in [7, 11) is 0. The van der Waals surface area contributed by atoms with E-state index in [9.17, 15) is 13.2 Å². The number of fused-ring (bicyclic) bond motifs is 1. The highest BCUT2D eigenvalue weighted by atomic mass is 19.4. The van der Waals surface area contributed by atoms with Crippen LogP contribution in [0.3, 0.4) is 0 Å². The summed E-state index contributed by atoms with van der Waals surface area (Å²) in [5.41, 5.74) is 2.76. The van der Waals surface area contributed by atoms with Gasteiger partial charge in [-0.15, -0.1) is 0 Å². The van der Waals surface area contributed by atoms with E-state index in [4.69, 9.17) is 0 Å². The molecule has 28 heavy (non-hydrogen) atoms. The topological polar surface area (TPSA) is 24.9 Å². The summed E-state index contributed by atoms with van der Waals surface area (Å²) < 4.78 is 39.7. The van der Waals surface area contributed by atoms with Crippen molar-refractivity contribution in [2.24, 2.45) is 0 Å². The van der Waals surface area contributed by atoms with Gasteiger partial charge in [-0.2, -0.15) is 13.2 Å². The second kappa shape index (κ2) is 8.31. The highest BCUT2D eigenvalue weighted by Crippen LogP contribution is 2.30. The standard InChI is InChI=1S/C23H25F3N2/c1-3-19-10-7-11-21-20(19)12-18(14-27-21)15-28-22(2,16-23(24,25)26)13-17-8-5-4-6-9-17/h4-12,14,28H,3,13,15-16H2,1-2H3. The van der Waals surface area contributed by atoms with E-state index < -0.39 is 18.1 Å². The zero-order valence-corrected chi connectivity index (χ0v) is 16.2. The summed E-state index contributed by atoms with van der Waals surface area (Å²) in [6, 6.07) is 17.3. The van der Waals surface area contributed by atoms with Gasteiger partial charge < -0.3 is 5.32 Å². The third-order valence-corrected chi connectivity index (χ3v) is 5.00. The molecule has 1 aromatic heterocycles. The minimum absolute atomic E-state index is 0.300. The van der Waals surface area contributed by atoms with Gasteiger partial charge in [0.15, 0.2) is 0 Å². The Morgan fingerprint density at radius 2 is 1.71 bits per heavy atom. The fourth-order valence-electron chi connectivity index (χ4n) is 3.65. The van der Waals surface area contributed by atoms with Gasteiger partial charge in [0.05, 0.1) is 11.9 Å². The minimum Gasteiger partial charge on any atom is -0.307 e. The average Bonchev–Trinajstić information content (AvgIpc) is 2.65. The number of nitrogens with one attached hydrogen (secondary N) is 1. The molecule has 0 radical (unpaired) electrons. The van der Waals surface area contributed by atoms with E-state index in [1.54, 1.807) is 13.1 Å². The van der Waals surface area contributed by atoms with Crippen molar-refractivity contribution in [1.29, 1.82) is 0 Å². The molecule has 0 aliphatic carbocycles. The number of nitrogens with zero attached hydrogens (tertiary/aromatic N) is 1. The van der Waals surface area contributed by atoms with E-state index >= 15 is 0 Å². The van der Waals surface area contributed by atoms with Crippen molar-refractivity contribution in [3.05, 3.63) is 77.5 Å². The molecule has 3 aromatic rings. The number of benzene rings is 2. The van der Waals surface area contributed by atoms with Crippen LogP contribution in [-0.2, 0) is 19.4 Å². The minimum atomic E-state index is -4.24. The Hall–Kier alpha value is -2.40. The predicted molar refractivity (Wildman–Crippen MR) is 107 cm³/mol. The fourth-order valence-corrected chi connectivity index (χ4v) is 3.65. The zero-order chi connectivity index (χ0) is 20.2. The monoisotopic (exact) mass is 386 g/mol. The molecule has 1 unspecified atom stereocenters. The van der Waals surface area contributed by atoms with Crippen molar-refractivity contribution in [2.45, 2.75) is 51.4 Å². The lowest BCUT2D eigenvalue weighted by Crippen LogP contribution is -2.47. The molecule has 0 bridgehead atoms. The Kier molecular flexibility index (Phi) is 6.04. The molecule has 0 amide bonds. The highest BCUT2D eigenvalue weighted by Gasteiger charge is 2.39. The van der Waals surface area contributed by atoms with Gasteiger partial charge in [0, 0.05) is 23.7 Å². The maximum Gasteiger partial charge on any atom is 0.390 e. The van der Waals surface area contributed by atoms with Gasteiger partial charge in [-0.25, -0.2) is 0 Å². The molecule has 3 rings (SSSR count). The van der Waals surface area contributed by atoms with Crippen LogP contribution in [0.1, 0.15) is 37.0 Å². The van der Waals surface area contributed by atoms with Crippen LogP contribution in [0.25, 0.3) is 10.9 Å². The summed E-state index contributed by atoms with van der Waals surface area (Å²) in [4.78, 5) is 4.49. The largest absolute Gasteiger partial charge is 0.390 e. The summed E-state index contributed by atoms with van der Waals surface area (Å²) in [6.45, 7) is 4.06. The van der Waals surface area contributed by atoms with E-state index in [1.807, 2.05) is 48.5 Å². The maximum atomic E-state index is 13.2. The SMILES string of the molecule is CCc1cccc2ncc(CNC(C)(Cc3ccccc3)CC(F)(F)F)cc12. The molecule has 2 nitrogen and oxygen atoms in total. The molecule has 0 saturated carbocycles. The quantitative estimate of drug-likeness (QED) is 0.552. The lowest BCUT2D eigenvalue weighted by Gasteiger charge is -2.32. The van der Waals surface area contributed by atoms with Gasteiger partial charge >= 0.3 is 6.18 Å². The van der Waals surface area contributed by atoms with Gasteiger partial charge in [-0.05, 0) is 48.6 Å². The molecular formula is C23H25F3N2. The molecule has 0 saturated heterocycles. The molecule has 148 valence electrons. The summed E-state index contributed by atoms with van der Waals surface area (Å²) in [5.74, 6) is 0. The summed E-state index contributed by atoms with van der Waals surface area (Å²) in [5, 5.41) is 4.22. The molecule has 0 aliphatic heterocycles. The van der Waals surface area contributed by atoms with Gasteiger partial charge in [0.2, 0.25) is 0 Å². The smallest absolute Gasteiger partial charge is 0.307 e. The van der Waals surface area contributed by atoms with Gasteiger partial charge in [0.1, 0.15) is 0 Å². The van der Waals surface area contributed by atoms with Gasteiger partial charge in [-0.3, -0.25) is 4.98 Å². The Balaban J connectivity index is 1.82. The van der Waals surface area contributed by atoms with Crippen LogP contribution in [0, 0.1) is 0 Å². The first kappa shape index (κ1) is 20.3. The van der Waals surface area contributed by atoms with Gasteiger partial charge in [0.25, 0.3) is 0 Å². The number of aryl methyl sites for hydroxylation is 1. The van der Waals surface area contributed by atoms with Crippen LogP contribution < -0.4 is 5.32 Å². The van der Waals surface area contributed by atoms with Crippen LogP contribution in [0.4, 0.5) is 13.2 Å². The van der Waals surface area contributed by atoms with Crippen molar-refractivity contribution < 1.29 is 13.2 Å². The second-order valence-electron chi connectivity index (χ2n) is 7.55. The number of hydrogen-bond donors (Lipinski definition) is 1. The van der Waals surface area contributed by atoms with Crippen LogP contribution in [-0.4, -0.2) is 16.7 Å². The zero-order valence-electron chi connectivity index (χ0n) is 16.2. The number of alkyl halides is 3. The molecular weight excluding hydrogens is 361 g/mol. The maximum absolute atomic E-state index is 13.2. The first-order valence-electron chi connectivity index (χ1n) is 9.50. The number of halogens is 3. The first-order valence-corrected chi connectivity index (χ1v) is 9.50. The Morgan fingerprint density at radius 3 is 2.39 bits per heavy atom. The van der Waals surface area contributed by atoms with Gasteiger partial charge in [-0.1, -0.05) is 49.4 Å². The third-order valence-electron chi connectivity index (χ3n) is 5.00. The first-order chi connectivity index (χ1) is 13.3. The molecule has 0 spiro atoms. The van der Waals surface area contributed by atoms with Crippen LogP contribution in [0.2, 0.25) is 0 Å². The molecule has 1 atom stereocenters. The van der Waals surface area contributed by atoms with E-state index in [-0.39, 0.29) is 0 Å². The summed E-state index contributed by atoms with van der Waals surface area (Å²) in [6.07, 6.45) is -2.21. The third kappa shape index (κ3) is 5.32. The van der Waals surface area contributed by atoms with Crippen molar-refractivity contribution >= 4 is 10.9 Å². The lowest BCUT2D eigenvalue weighted by molar-refractivity contribution is -0.149. The van der Waals surface area contributed by atoms with E-state index in [0.29, 0.717) is 13.0 Å². The molecule has 5 heteroatoms. The average molecular weight is 386 g/mol. The molecule has 0 aliphatic rings. The van der Waals surface area contributed by atoms with Crippen molar-refractivity contribution in [1.82, 2.24) is 10.3 Å². The number of aromatic nitrogens is 1. The number of pyridine rings is 1. The molecule has 1 N–H and O–H groups in total. The van der Waals surface area contributed by atoms with Crippen LogP contribution in [0.5, 0.6) is 0 Å². The van der Waals surface area contributed by atoms with Crippen molar-refractivity contribution in [3.8, 4) is 0 Å². The van der Waals surface area contributed by atoms with Crippen molar-refractivity contribution in [2.75, 3.05) is 0 Å². The Labute approximate surface area is 163 Å². The Morgan fingerprint density at radius 1 is 0.964 bits per heavy atom. The summed E-state index contributed by atoms with van der Waals surface area (Å²) >= 11 is 0. The number of rotatable bonds is 7. The van der Waals surface area contributed by atoms with Crippen LogP contribution >= 0.6 is 0 Å². The molecule has 2 aromatic carbocycles. The van der Waals surface area contributed by atoms with E-state index in [2.05, 4.69) is 23.3 Å². The highest BCUT2D eigenvalue weighted by molar-refractivity contribution is 5.82. The Bertz CT molecular complexity index is 922. The predicted octanol–water partition coefficient (Wildman–Crippen LogP) is 5.84. The lowest BCUT2D eigenvalue weighted by atomic mass is 9.89. The van der Waals surface area contributed by atoms with Crippen LogP contribution in [0.15, 0.2) is 60.8 Å². The van der Waals surface area contributed by atoms with E-state index in [1.165, 1.54) is 5.56 Å². The fraction of sp³-hybridized carbons (Fsp3) is 0.348. The second-order valence-corrected chi connectivity index (χ2v) is 7.55. The molecule has 1 heterocycles. The van der Waals surface area contributed by atoms with Crippen molar-refractivity contribution in [3.63, 3.8) is 0 Å². The molecule has 0 fully saturated rings.